The summed E-state index contributed by atoms with van der Waals surface area (Å²) in [6.45, 7) is 0. The van der Waals surface area contributed by atoms with E-state index < -0.39 is 17.6 Å². The minimum atomic E-state index is -1.26. The third kappa shape index (κ3) is 2.07. The Balaban J connectivity index is 3.19. The van der Waals surface area contributed by atoms with Gasteiger partial charge in [-0.05, 0) is 18.2 Å². The maximum Gasteiger partial charge on any atom is 0.328 e. The summed E-state index contributed by atoms with van der Waals surface area (Å²) in [6.07, 6.45) is 1.60. The summed E-state index contributed by atoms with van der Waals surface area (Å²) in [5, 5.41) is 8.28. The second-order valence-corrected chi connectivity index (χ2v) is 2.54. The average molecular weight is 199 g/mol. The van der Waals surface area contributed by atoms with Gasteiger partial charge in [0.25, 0.3) is 0 Å². The Labute approximate surface area is 78.5 Å². The number of nitrogens with two attached hydrogens (primary N) is 1. The smallest absolute Gasteiger partial charge is 0.328 e. The SMILES string of the molecule is Nc1ccc(F)c(F)c1C=CC(=O)O. The van der Waals surface area contributed by atoms with Crippen LogP contribution in [0.25, 0.3) is 6.08 Å². The van der Waals surface area contributed by atoms with E-state index in [1.165, 1.54) is 6.07 Å². The lowest BCUT2D eigenvalue weighted by Gasteiger charge is -2.01. The predicted molar refractivity (Wildman–Crippen MR) is 47.4 cm³/mol. The second-order valence-electron chi connectivity index (χ2n) is 2.54. The lowest BCUT2D eigenvalue weighted by molar-refractivity contribution is -0.131. The van der Waals surface area contributed by atoms with E-state index in [9.17, 15) is 13.6 Å². The van der Waals surface area contributed by atoms with Crippen LogP contribution in [0.1, 0.15) is 5.56 Å². The van der Waals surface area contributed by atoms with E-state index in [0.717, 1.165) is 12.1 Å². The zero-order valence-electron chi connectivity index (χ0n) is 7.00. The molecule has 0 bridgehead atoms. The van der Waals surface area contributed by atoms with Crippen molar-refractivity contribution in [2.75, 3.05) is 5.73 Å². The number of halogens is 2. The molecular formula is C9H7F2NO2. The van der Waals surface area contributed by atoms with Gasteiger partial charge in [0.2, 0.25) is 0 Å². The number of hydrogen-bond acceptors (Lipinski definition) is 2. The molecule has 1 rings (SSSR count). The molecular weight excluding hydrogens is 192 g/mol. The van der Waals surface area contributed by atoms with Gasteiger partial charge < -0.3 is 10.8 Å². The number of nitrogen functional groups attached to an aromatic ring is 1. The molecule has 14 heavy (non-hydrogen) atoms. The molecule has 5 heteroatoms. The Morgan fingerprint density at radius 2 is 2.07 bits per heavy atom. The van der Waals surface area contributed by atoms with Gasteiger partial charge in [-0.1, -0.05) is 0 Å². The van der Waals surface area contributed by atoms with Gasteiger partial charge >= 0.3 is 5.97 Å². The highest BCUT2D eigenvalue weighted by atomic mass is 19.2. The Morgan fingerprint density at radius 3 is 2.64 bits per heavy atom. The van der Waals surface area contributed by atoms with Crippen molar-refractivity contribution in [3.05, 3.63) is 35.4 Å². The largest absolute Gasteiger partial charge is 0.478 e. The third-order valence-electron chi connectivity index (χ3n) is 1.56. The molecule has 0 radical (unpaired) electrons. The van der Waals surface area contributed by atoms with E-state index in [1.807, 2.05) is 0 Å². The van der Waals surface area contributed by atoms with Crippen molar-refractivity contribution in [1.29, 1.82) is 0 Å². The van der Waals surface area contributed by atoms with Gasteiger partial charge in [0, 0.05) is 17.3 Å². The summed E-state index contributed by atoms with van der Waals surface area (Å²) >= 11 is 0. The van der Waals surface area contributed by atoms with Crippen LogP contribution in [0.5, 0.6) is 0 Å². The van der Waals surface area contributed by atoms with Crippen molar-refractivity contribution in [2.24, 2.45) is 0 Å². The van der Waals surface area contributed by atoms with Crippen molar-refractivity contribution in [1.82, 2.24) is 0 Å². The molecule has 3 nitrogen and oxygen atoms in total. The number of carbonyl (C=O) groups is 1. The second kappa shape index (κ2) is 3.87. The van der Waals surface area contributed by atoms with Crippen LogP contribution in [0.15, 0.2) is 18.2 Å². The summed E-state index contributed by atoms with van der Waals surface area (Å²) < 4.78 is 25.7. The molecule has 0 aliphatic heterocycles. The number of carboxylic acids is 1. The van der Waals surface area contributed by atoms with Crippen LogP contribution < -0.4 is 5.73 Å². The van der Waals surface area contributed by atoms with Crippen LogP contribution in [0.4, 0.5) is 14.5 Å². The molecule has 0 aliphatic carbocycles. The molecule has 0 fully saturated rings. The fourth-order valence-corrected chi connectivity index (χ4v) is 0.905. The van der Waals surface area contributed by atoms with Crippen LogP contribution in [-0.2, 0) is 4.79 Å². The van der Waals surface area contributed by atoms with Gasteiger partial charge in [-0.25, -0.2) is 13.6 Å². The molecule has 3 N–H and O–H groups in total. The first-order valence-corrected chi connectivity index (χ1v) is 3.67. The Morgan fingerprint density at radius 1 is 1.43 bits per heavy atom. The Bertz CT molecular complexity index is 402. The predicted octanol–water partition coefficient (Wildman–Crippen LogP) is 1.64. The van der Waals surface area contributed by atoms with Gasteiger partial charge in [0.05, 0.1) is 0 Å². The zero-order chi connectivity index (χ0) is 10.7. The molecule has 0 heterocycles. The van der Waals surface area contributed by atoms with E-state index >= 15 is 0 Å². The van der Waals surface area contributed by atoms with Crippen molar-refractivity contribution in [2.45, 2.75) is 0 Å². The van der Waals surface area contributed by atoms with Crippen LogP contribution in [0.3, 0.4) is 0 Å². The van der Waals surface area contributed by atoms with Gasteiger partial charge in [0.15, 0.2) is 11.6 Å². The van der Waals surface area contributed by atoms with E-state index in [0.29, 0.717) is 6.08 Å². The molecule has 0 aromatic heterocycles. The van der Waals surface area contributed by atoms with Crippen molar-refractivity contribution in [3.8, 4) is 0 Å². The van der Waals surface area contributed by atoms with Crippen LogP contribution in [0.2, 0.25) is 0 Å². The Hall–Kier alpha value is -1.91. The lowest BCUT2D eigenvalue weighted by atomic mass is 10.1. The molecule has 0 aliphatic rings. The molecule has 0 spiro atoms. The highest BCUT2D eigenvalue weighted by Crippen LogP contribution is 2.20. The molecule has 0 amide bonds. The van der Waals surface area contributed by atoms with Crippen LogP contribution >= 0.6 is 0 Å². The van der Waals surface area contributed by atoms with Gasteiger partial charge in [-0.15, -0.1) is 0 Å². The summed E-state index contributed by atoms with van der Waals surface area (Å²) in [4.78, 5) is 10.1. The fourth-order valence-electron chi connectivity index (χ4n) is 0.905. The van der Waals surface area contributed by atoms with E-state index in [2.05, 4.69) is 0 Å². The molecule has 0 atom stereocenters. The highest BCUT2D eigenvalue weighted by Gasteiger charge is 2.08. The number of carboxylic acid groups (broad SMARTS) is 1. The van der Waals surface area contributed by atoms with Crippen molar-refractivity contribution >= 4 is 17.7 Å². The van der Waals surface area contributed by atoms with E-state index in [4.69, 9.17) is 10.8 Å². The quantitative estimate of drug-likeness (QED) is 0.562. The van der Waals surface area contributed by atoms with Gasteiger partial charge in [-0.3, -0.25) is 0 Å². The first-order chi connectivity index (χ1) is 6.52. The standard InChI is InChI=1S/C9H7F2NO2/c10-6-2-3-7(12)5(9(6)11)1-4-8(13)14/h1-4H,12H2,(H,13,14). The number of rotatable bonds is 2. The number of hydrogen-bond donors (Lipinski definition) is 2. The fraction of sp³-hybridized carbons (Fsp3) is 0. The monoisotopic (exact) mass is 199 g/mol. The average Bonchev–Trinajstić information content (AvgIpc) is 2.11. The number of benzene rings is 1. The maximum absolute atomic E-state index is 13.0. The first-order valence-electron chi connectivity index (χ1n) is 3.67. The van der Waals surface area contributed by atoms with Crippen molar-refractivity contribution < 1.29 is 18.7 Å². The summed E-state index contributed by atoms with van der Waals surface area (Å²) in [5.74, 6) is -3.47. The zero-order valence-corrected chi connectivity index (χ0v) is 7.00. The summed E-state index contributed by atoms with van der Waals surface area (Å²) in [6, 6.07) is 2.04. The molecule has 0 unspecified atom stereocenters. The summed E-state index contributed by atoms with van der Waals surface area (Å²) in [5.41, 5.74) is 5.06. The van der Waals surface area contributed by atoms with Gasteiger partial charge in [0.1, 0.15) is 0 Å². The third-order valence-corrected chi connectivity index (χ3v) is 1.56. The normalized spacial score (nSPS) is 10.7. The maximum atomic E-state index is 13.0. The number of aliphatic carboxylic acids is 1. The summed E-state index contributed by atoms with van der Waals surface area (Å²) in [7, 11) is 0. The minimum Gasteiger partial charge on any atom is -0.478 e. The lowest BCUT2D eigenvalue weighted by Crippen LogP contribution is -1.97. The minimum absolute atomic E-state index is 0.0126. The Kier molecular flexibility index (Phi) is 2.81. The first kappa shape index (κ1) is 10.2. The van der Waals surface area contributed by atoms with E-state index in [1.54, 1.807) is 0 Å². The van der Waals surface area contributed by atoms with Crippen LogP contribution in [-0.4, -0.2) is 11.1 Å². The molecule has 0 saturated carbocycles. The van der Waals surface area contributed by atoms with Gasteiger partial charge in [-0.2, -0.15) is 0 Å². The van der Waals surface area contributed by atoms with Crippen molar-refractivity contribution in [3.63, 3.8) is 0 Å². The van der Waals surface area contributed by atoms with Crippen LogP contribution in [0, 0.1) is 11.6 Å². The molecule has 74 valence electrons. The molecule has 0 saturated heterocycles. The van der Waals surface area contributed by atoms with E-state index in [-0.39, 0.29) is 11.3 Å². The number of anilines is 1. The molecule has 1 aromatic carbocycles. The molecule has 1 aromatic rings. The highest BCUT2D eigenvalue weighted by molar-refractivity contribution is 5.86. The topological polar surface area (TPSA) is 63.3 Å².